The van der Waals surface area contributed by atoms with E-state index < -0.39 is 0 Å². The molecule has 2 nitrogen and oxygen atoms in total. The van der Waals surface area contributed by atoms with Gasteiger partial charge in [0, 0.05) is 11.0 Å². The molecule has 100 valence electrons. The minimum Gasteiger partial charge on any atom is -0.366 e. The number of benzene rings is 1. The van der Waals surface area contributed by atoms with Crippen molar-refractivity contribution in [2.24, 2.45) is 17.1 Å². The molecule has 0 saturated heterocycles. The van der Waals surface area contributed by atoms with E-state index in [1.54, 1.807) is 0 Å². The summed E-state index contributed by atoms with van der Waals surface area (Å²) in [5.74, 6) is 0.290. The van der Waals surface area contributed by atoms with Crippen LogP contribution in [-0.4, -0.2) is 5.91 Å². The lowest BCUT2D eigenvalue weighted by Gasteiger charge is -2.44. The lowest BCUT2D eigenvalue weighted by Crippen LogP contribution is -2.39. The predicted octanol–water partition coefficient (Wildman–Crippen LogP) is 3.42. The quantitative estimate of drug-likeness (QED) is 0.808. The summed E-state index contributed by atoms with van der Waals surface area (Å²) < 4.78 is 0. The molecular formula is C17H21NO. The first kappa shape index (κ1) is 12.5. The van der Waals surface area contributed by atoms with Gasteiger partial charge in [0.25, 0.3) is 0 Å². The SMILES string of the molecule is C=C1C2CCC(c3ccccc3C(N)=O)(C2)C1(C)C. The van der Waals surface area contributed by atoms with Crippen molar-refractivity contribution in [3.05, 3.63) is 47.5 Å². The largest absolute Gasteiger partial charge is 0.366 e. The number of hydrogen-bond donors (Lipinski definition) is 1. The number of fused-ring (bicyclic) bond motifs is 2. The average Bonchev–Trinajstić information content (AvgIpc) is 2.90. The molecule has 1 aromatic carbocycles. The Bertz CT molecular complexity index is 572. The Labute approximate surface area is 114 Å². The van der Waals surface area contributed by atoms with Gasteiger partial charge in [-0.3, -0.25) is 4.79 Å². The molecule has 1 amide bonds. The van der Waals surface area contributed by atoms with Crippen LogP contribution in [-0.2, 0) is 5.41 Å². The molecule has 1 aromatic rings. The number of amides is 1. The number of carbonyl (C=O) groups is 1. The average molecular weight is 255 g/mol. The number of hydrogen-bond acceptors (Lipinski definition) is 1. The Morgan fingerprint density at radius 1 is 1.37 bits per heavy atom. The van der Waals surface area contributed by atoms with Crippen LogP contribution in [0.1, 0.15) is 49.0 Å². The van der Waals surface area contributed by atoms with Crippen molar-refractivity contribution in [3.63, 3.8) is 0 Å². The van der Waals surface area contributed by atoms with Gasteiger partial charge >= 0.3 is 0 Å². The predicted molar refractivity (Wildman–Crippen MR) is 76.9 cm³/mol. The van der Waals surface area contributed by atoms with Gasteiger partial charge in [-0.2, -0.15) is 0 Å². The molecule has 2 bridgehead atoms. The van der Waals surface area contributed by atoms with E-state index in [1.807, 2.05) is 18.2 Å². The maximum Gasteiger partial charge on any atom is 0.248 e. The van der Waals surface area contributed by atoms with Gasteiger partial charge in [-0.05, 0) is 42.2 Å². The summed E-state index contributed by atoms with van der Waals surface area (Å²) in [6, 6.07) is 7.85. The van der Waals surface area contributed by atoms with Gasteiger partial charge in [0.1, 0.15) is 0 Å². The van der Waals surface area contributed by atoms with Gasteiger partial charge in [-0.25, -0.2) is 0 Å². The minimum absolute atomic E-state index is 0.0420. The summed E-state index contributed by atoms with van der Waals surface area (Å²) in [6.45, 7) is 8.86. The van der Waals surface area contributed by atoms with Crippen molar-refractivity contribution in [2.45, 2.75) is 38.5 Å². The van der Waals surface area contributed by atoms with Crippen molar-refractivity contribution in [3.8, 4) is 0 Å². The molecule has 2 saturated carbocycles. The van der Waals surface area contributed by atoms with E-state index in [4.69, 9.17) is 5.73 Å². The Hall–Kier alpha value is -1.57. The van der Waals surface area contributed by atoms with Crippen LogP contribution < -0.4 is 5.73 Å². The molecule has 2 N–H and O–H groups in total. The Balaban J connectivity index is 2.22. The highest BCUT2D eigenvalue weighted by atomic mass is 16.1. The van der Waals surface area contributed by atoms with E-state index in [2.05, 4.69) is 26.5 Å². The third-order valence-corrected chi connectivity index (χ3v) is 5.71. The summed E-state index contributed by atoms with van der Waals surface area (Å²) in [6.07, 6.45) is 3.44. The van der Waals surface area contributed by atoms with Gasteiger partial charge in [0.2, 0.25) is 5.91 Å². The number of nitrogens with two attached hydrogens (primary N) is 1. The molecule has 0 aromatic heterocycles. The molecule has 2 unspecified atom stereocenters. The summed E-state index contributed by atoms with van der Waals surface area (Å²) in [5, 5.41) is 0. The molecular weight excluding hydrogens is 234 g/mol. The molecule has 3 rings (SSSR count). The maximum absolute atomic E-state index is 11.7. The third kappa shape index (κ3) is 1.40. The fraction of sp³-hybridized carbons (Fsp3) is 0.471. The van der Waals surface area contributed by atoms with Crippen molar-refractivity contribution >= 4 is 5.91 Å². The van der Waals surface area contributed by atoms with Crippen molar-refractivity contribution in [2.75, 3.05) is 0 Å². The maximum atomic E-state index is 11.7. The zero-order valence-corrected chi connectivity index (χ0v) is 11.7. The van der Waals surface area contributed by atoms with Crippen LogP contribution in [0.5, 0.6) is 0 Å². The van der Waals surface area contributed by atoms with E-state index in [0.29, 0.717) is 11.5 Å². The molecule has 0 aliphatic heterocycles. The van der Waals surface area contributed by atoms with Crippen LogP contribution in [0.15, 0.2) is 36.4 Å². The summed E-state index contributed by atoms with van der Waals surface area (Å²) in [7, 11) is 0. The third-order valence-electron chi connectivity index (χ3n) is 5.71. The van der Waals surface area contributed by atoms with Crippen LogP contribution in [0.3, 0.4) is 0 Å². The van der Waals surface area contributed by atoms with Gasteiger partial charge in [0.15, 0.2) is 0 Å². The van der Waals surface area contributed by atoms with Gasteiger partial charge < -0.3 is 5.73 Å². The lowest BCUT2D eigenvalue weighted by atomic mass is 9.59. The normalized spacial score (nSPS) is 31.7. The highest BCUT2D eigenvalue weighted by Gasteiger charge is 2.60. The van der Waals surface area contributed by atoms with Gasteiger partial charge in [-0.1, -0.05) is 44.2 Å². The number of carbonyl (C=O) groups excluding carboxylic acids is 1. The first-order chi connectivity index (χ1) is 8.90. The molecule has 0 heterocycles. The second kappa shape index (κ2) is 3.72. The highest BCUT2D eigenvalue weighted by molar-refractivity contribution is 5.95. The molecule has 2 aliphatic rings. The number of rotatable bonds is 2. The molecule has 0 radical (unpaired) electrons. The number of primary amides is 1. The number of allylic oxidation sites excluding steroid dienone is 1. The van der Waals surface area contributed by atoms with Gasteiger partial charge in [0.05, 0.1) is 0 Å². The molecule has 2 heteroatoms. The van der Waals surface area contributed by atoms with E-state index in [1.165, 1.54) is 12.0 Å². The molecule has 2 atom stereocenters. The van der Waals surface area contributed by atoms with Crippen molar-refractivity contribution < 1.29 is 4.79 Å². The highest BCUT2D eigenvalue weighted by Crippen LogP contribution is 2.67. The fourth-order valence-corrected chi connectivity index (χ4v) is 4.42. The van der Waals surface area contributed by atoms with E-state index in [9.17, 15) is 4.79 Å². The Kier molecular flexibility index (Phi) is 2.44. The molecule has 19 heavy (non-hydrogen) atoms. The Morgan fingerprint density at radius 2 is 2.05 bits per heavy atom. The first-order valence-electron chi connectivity index (χ1n) is 6.99. The smallest absolute Gasteiger partial charge is 0.248 e. The lowest BCUT2D eigenvalue weighted by molar-refractivity contribution is 0.0995. The van der Waals surface area contributed by atoms with Crippen LogP contribution >= 0.6 is 0 Å². The zero-order valence-electron chi connectivity index (χ0n) is 11.7. The Morgan fingerprint density at radius 3 is 2.63 bits per heavy atom. The molecule has 0 spiro atoms. The van der Waals surface area contributed by atoms with Crippen LogP contribution in [0.4, 0.5) is 0 Å². The summed E-state index contributed by atoms with van der Waals surface area (Å²) in [4.78, 5) is 11.7. The van der Waals surface area contributed by atoms with Crippen molar-refractivity contribution in [1.29, 1.82) is 0 Å². The fourth-order valence-electron chi connectivity index (χ4n) is 4.42. The van der Waals surface area contributed by atoms with E-state index in [0.717, 1.165) is 18.4 Å². The van der Waals surface area contributed by atoms with Gasteiger partial charge in [-0.15, -0.1) is 0 Å². The summed E-state index contributed by atoms with van der Waals surface area (Å²) in [5.41, 5.74) is 8.82. The van der Waals surface area contributed by atoms with Crippen LogP contribution in [0, 0.1) is 11.3 Å². The monoisotopic (exact) mass is 255 g/mol. The second-order valence-electron chi connectivity index (χ2n) is 6.58. The van der Waals surface area contributed by atoms with E-state index >= 15 is 0 Å². The first-order valence-corrected chi connectivity index (χ1v) is 6.99. The van der Waals surface area contributed by atoms with Crippen LogP contribution in [0.25, 0.3) is 0 Å². The van der Waals surface area contributed by atoms with Crippen LogP contribution in [0.2, 0.25) is 0 Å². The standard InChI is InChI=1S/C17H21NO/c1-11-12-8-9-17(10-12,16(11,2)3)14-7-5-4-6-13(14)15(18)19/h4-7,12H,1,8-10H2,2-3H3,(H2,18,19). The molecule has 2 aliphatic carbocycles. The topological polar surface area (TPSA) is 43.1 Å². The van der Waals surface area contributed by atoms with E-state index in [-0.39, 0.29) is 16.7 Å². The zero-order chi connectivity index (χ0) is 13.8. The molecule has 2 fully saturated rings. The minimum atomic E-state index is -0.318. The van der Waals surface area contributed by atoms with Crippen molar-refractivity contribution in [1.82, 2.24) is 0 Å². The summed E-state index contributed by atoms with van der Waals surface area (Å²) >= 11 is 0. The second-order valence-corrected chi connectivity index (χ2v) is 6.58.